The lowest BCUT2D eigenvalue weighted by Crippen LogP contribution is -2.28. The summed E-state index contributed by atoms with van der Waals surface area (Å²) in [5.41, 5.74) is 0.432. The number of thioether (sulfide) groups is 1. The van der Waals surface area contributed by atoms with Crippen LogP contribution in [0.1, 0.15) is 29.1 Å². The van der Waals surface area contributed by atoms with E-state index in [1.165, 1.54) is 6.07 Å². The number of para-hydroxylation sites is 1. The minimum absolute atomic E-state index is 0.260. The Morgan fingerprint density at radius 1 is 1.17 bits per heavy atom. The van der Waals surface area contributed by atoms with Crippen molar-refractivity contribution in [3.8, 4) is 5.75 Å². The normalized spacial score (nSPS) is 11.9. The fraction of sp³-hybridized carbons (Fsp3) is 0.250. The predicted molar refractivity (Wildman–Crippen MR) is 116 cm³/mol. The Balaban J connectivity index is 1.54. The van der Waals surface area contributed by atoms with Gasteiger partial charge in [0.15, 0.2) is 11.0 Å². The zero-order valence-electron chi connectivity index (χ0n) is 15.9. The molecule has 2 aromatic carbocycles. The molecule has 3 rings (SSSR count). The van der Waals surface area contributed by atoms with Crippen molar-refractivity contribution in [1.82, 2.24) is 20.1 Å². The molecule has 0 fully saturated rings. The number of nitrogens with zero attached hydrogens (tertiary/aromatic N) is 3. The fourth-order valence-electron chi connectivity index (χ4n) is 2.62. The van der Waals surface area contributed by atoms with E-state index in [0.717, 1.165) is 16.7 Å². The number of nitrogens with one attached hydrogen (secondary N) is 1. The Morgan fingerprint density at radius 3 is 2.66 bits per heavy atom. The van der Waals surface area contributed by atoms with E-state index in [4.69, 9.17) is 27.9 Å². The van der Waals surface area contributed by atoms with Crippen molar-refractivity contribution in [3.05, 3.63) is 70.0 Å². The SMILES string of the molecule is C[C@@H](NC(=O)c1ccc(Cl)c(Cl)c1)c1nnc(SCCOc2ccccc2)n1C. The lowest BCUT2D eigenvalue weighted by Gasteiger charge is -2.14. The molecule has 0 saturated carbocycles. The first-order chi connectivity index (χ1) is 14.0. The summed E-state index contributed by atoms with van der Waals surface area (Å²) >= 11 is 13.4. The zero-order valence-corrected chi connectivity index (χ0v) is 18.3. The van der Waals surface area contributed by atoms with Crippen molar-refractivity contribution in [2.75, 3.05) is 12.4 Å². The molecule has 0 aliphatic heterocycles. The second-order valence-corrected chi connectivity index (χ2v) is 8.11. The van der Waals surface area contributed by atoms with Crippen molar-refractivity contribution in [2.24, 2.45) is 7.05 Å². The lowest BCUT2D eigenvalue weighted by atomic mass is 10.2. The largest absolute Gasteiger partial charge is 0.493 e. The van der Waals surface area contributed by atoms with Gasteiger partial charge in [0, 0.05) is 18.4 Å². The number of rotatable bonds is 8. The van der Waals surface area contributed by atoms with Crippen LogP contribution in [-0.2, 0) is 7.05 Å². The summed E-state index contributed by atoms with van der Waals surface area (Å²) < 4.78 is 7.55. The third-order valence-corrected chi connectivity index (χ3v) is 5.84. The van der Waals surface area contributed by atoms with Gasteiger partial charge in [-0.3, -0.25) is 4.79 Å². The van der Waals surface area contributed by atoms with E-state index in [1.807, 2.05) is 48.9 Å². The molecule has 1 aromatic heterocycles. The van der Waals surface area contributed by atoms with Gasteiger partial charge in [-0.2, -0.15) is 0 Å². The van der Waals surface area contributed by atoms with E-state index in [1.54, 1.807) is 23.9 Å². The number of carbonyl (C=O) groups excluding carboxylic acids is 1. The van der Waals surface area contributed by atoms with Crippen LogP contribution in [-0.4, -0.2) is 33.0 Å². The number of aromatic nitrogens is 3. The van der Waals surface area contributed by atoms with Gasteiger partial charge in [-0.05, 0) is 37.3 Å². The molecule has 29 heavy (non-hydrogen) atoms. The summed E-state index contributed by atoms with van der Waals surface area (Å²) in [7, 11) is 1.87. The van der Waals surface area contributed by atoms with Crippen LogP contribution in [0.15, 0.2) is 53.7 Å². The highest BCUT2D eigenvalue weighted by Crippen LogP contribution is 2.23. The van der Waals surface area contributed by atoms with Crippen LogP contribution in [0.4, 0.5) is 0 Å². The topological polar surface area (TPSA) is 69.0 Å². The summed E-state index contributed by atoms with van der Waals surface area (Å²) in [5, 5.41) is 12.8. The molecule has 0 aliphatic rings. The number of benzene rings is 2. The minimum Gasteiger partial charge on any atom is -0.493 e. The quantitative estimate of drug-likeness (QED) is 0.394. The smallest absolute Gasteiger partial charge is 0.251 e. The third kappa shape index (κ3) is 5.65. The molecule has 1 heterocycles. The monoisotopic (exact) mass is 450 g/mol. The molecule has 0 radical (unpaired) electrons. The lowest BCUT2D eigenvalue weighted by molar-refractivity contribution is 0.0937. The molecule has 6 nitrogen and oxygen atoms in total. The second-order valence-electron chi connectivity index (χ2n) is 6.23. The molecule has 3 aromatic rings. The van der Waals surface area contributed by atoms with Gasteiger partial charge in [0.1, 0.15) is 5.75 Å². The summed E-state index contributed by atoms with van der Waals surface area (Å²) in [6.07, 6.45) is 0. The van der Waals surface area contributed by atoms with Gasteiger partial charge >= 0.3 is 0 Å². The average Bonchev–Trinajstić information content (AvgIpc) is 3.08. The van der Waals surface area contributed by atoms with Gasteiger partial charge in [0.05, 0.1) is 22.7 Å². The molecule has 0 saturated heterocycles. The van der Waals surface area contributed by atoms with E-state index < -0.39 is 0 Å². The molecule has 1 amide bonds. The maximum atomic E-state index is 12.5. The van der Waals surface area contributed by atoms with Crippen molar-refractivity contribution in [2.45, 2.75) is 18.1 Å². The highest BCUT2D eigenvalue weighted by atomic mass is 35.5. The fourth-order valence-corrected chi connectivity index (χ4v) is 3.65. The highest BCUT2D eigenvalue weighted by molar-refractivity contribution is 7.99. The molecule has 0 aliphatic carbocycles. The maximum absolute atomic E-state index is 12.5. The van der Waals surface area contributed by atoms with Crippen LogP contribution < -0.4 is 10.1 Å². The molecule has 1 atom stereocenters. The average molecular weight is 451 g/mol. The summed E-state index contributed by atoms with van der Waals surface area (Å²) in [5.74, 6) is 1.96. The number of hydrogen-bond acceptors (Lipinski definition) is 5. The van der Waals surface area contributed by atoms with Crippen molar-refractivity contribution < 1.29 is 9.53 Å². The van der Waals surface area contributed by atoms with Crippen LogP contribution in [0, 0.1) is 0 Å². The molecular formula is C20H20Cl2N4O2S. The predicted octanol–water partition coefficient (Wildman–Crippen LogP) is 4.78. The van der Waals surface area contributed by atoms with Gasteiger partial charge < -0.3 is 14.6 Å². The Labute approximate surface area is 183 Å². The molecule has 9 heteroatoms. The standard InChI is InChI=1S/C20H20Cl2N4O2S/c1-13(23-19(27)14-8-9-16(21)17(22)12-14)18-24-25-20(26(18)2)29-11-10-28-15-6-4-3-5-7-15/h3-9,12-13H,10-11H2,1-2H3,(H,23,27)/t13-/m1/s1. The molecule has 0 unspecified atom stereocenters. The van der Waals surface area contributed by atoms with Gasteiger partial charge in [-0.25, -0.2) is 0 Å². The first-order valence-corrected chi connectivity index (χ1v) is 10.7. The third-order valence-electron chi connectivity index (χ3n) is 4.11. The van der Waals surface area contributed by atoms with Crippen molar-refractivity contribution >= 4 is 40.9 Å². The molecular weight excluding hydrogens is 431 g/mol. The van der Waals surface area contributed by atoms with E-state index in [0.29, 0.717) is 28.0 Å². The Morgan fingerprint density at radius 2 is 1.93 bits per heavy atom. The van der Waals surface area contributed by atoms with E-state index in [9.17, 15) is 4.79 Å². The van der Waals surface area contributed by atoms with Crippen LogP contribution in [0.5, 0.6) is 5.75 Å². The van der Waals surface area contributed by atoms with Crippen LogP contribution in [0.2, 0.25) is 10.0 Å². The van der Waals surface area contributed by atoms with E-state index in [2.05, 4.69) is 15.5 Å². The molecule has 152 valence electrons. The highest BCUT2D eigenvalue weighted by Gasteiger charge is 2.19. The van der Waals surface area contributed by atoms with Gasteiger partial charge in [0.2, 0.25) is 0 Å². The first kappa shape index (κ1) is 21.5. The summed E-state index contributed by atoms with van der Waals surface area (Å²) in [6.45, 7) is 2.41. The zero-order chi connectivity index (χ0) is 20.8. The second kappa shape index (κ2) is 10.0. The van der Waals surface area contributed by atoms with Gasteiger partial charge in [-0.15, -0.1) is 10.2 Å². The van der Waals surface area contributed by atoms with Crippen molar-refractivity contribution in [1.29, 1.82) is 0 Å². The summed E-state index contributed by atoms with van der Waals surface area (Å²) in [4.78, 5) is 12.5. The van der Waals surface area contributed by atoms with Crippen LogP contribution >= 0.6 is 35.0 Å². The Bertz CT molecular complexity index is 982. The number of amides is 1. The van der Waals surface area contributed by atoms with Crippen LogP contribution in [0.3, 0.4) is 0 Å². The van der Waals surface area contributed by atoms with E-state index >= 15 is 0 Å². The van der Waals surface area contributed by atoms with Crippen LogP contribution in [0.25, 0.3) is 0 Å². The Hall–Kier alpha value is -2.22. The maximum Gasteiger partial charge on any atom is 0.251 e. The molecule has 0 spiro atoms. The molecule has 1 N–H and O–H groups in total. The molecule has 0 bridgehead atoms. The number of hydrogen-bond donors (Lipinski definition) is 1. The van der Waals surface area contributed by atoms with Gasteiger partial charge in [-0.1, -0.05) is 53.2 Å². The first-order valence-electron chi connectivity index (χ1n) is 8.91. The Kier molecular flexibility index (Phi) is 7.41. The number of ether oxygens (including phenoxy) is 1. The van der Waals surface area contributed by atoms with Gasteiger partial charge in [0.25, 0.3) is 5.91 Å². The number of halogens is 2. The number of carbonyl (C=O) groups is 1. The van der Waals surface area contributed by atoms with Crippen molar-refractivity contribution in [3.63, 3.8) is 0 Å². The summed E-state index contributed by atoms with van der Waals surface area (Å²) in [6, 6.07) is 14.1. The van der Waals surface area contributed by atoms with E-state index in [-0.39, 0.29) is 11.9 Å². The minimum atomic E-state index is -0.329.